The van der Waals surface area contributed by atoms with Crippen LogP contribution in [0.3, 0.4) is 0 Å². The molecule has 0 N–H and O–H groups in total. The zero-order valence-electron chi connectivity index (χ0n) is 13.1. The quantitative estimate of drug-likeness (QED) is 0.690. The summed E-state index contributed by atoms with van der Waals surface area (Å²) in [5.41, 5.74) is 1.95. The fourth-order valence-electron chi connectivity index (χ4n) is 5.50. The van der Waals surface area contributed by atoms with Gasteiger partial charge in [0, 0.05) is 24.7 Å². The van der Waals surface area contributed by atoms with Gasteiger partial charge in [0.25, 0.3) is 0 Å². The summed E-state index contributed by atoms with van der Waals surface area (Å²) in [4.78, 5) is 23.9. The van der Waals surface area contributed by atoms with Gasteiger partial charge in [-0.25, -0.2) is 0 Å². The number of ether oxygens (including phenoxy) is 1. The van der Waals surface area contributed by atoms with Gasteiger partial charge >= 0.3 is 5.97 Å². The van der Waals surface area contributed by atoms with Crippen LogP contribution in [-0.2, 0) is 14.3 Å². The number of carbonyl (C=O) groups excluding carboxylic acids is 2. The third-order valence-corrected chi connectivity index (χ3v) is 6.51. The van der Waals surface area contributed by atoms with E-state index >= 15 is 0 Å². The molecule has 2 bridgehead atoms. The van der Waals surface area contributed by atoms with Crippen LogP contribution in [0, 0.1) is 22.7 Å². The molecule has 4 atom stereocenters. The Hall–Kier alpha value is -1.12. The Balaban J connectivity index is 2.22. The monoisotopic (exact) mass is 276 g/mol. The van der Waals surface area contributed by atoms with Gasteiger partial charge in [-0.3, -0.25) is 9.59 Å². The van der Waals surface area contributed by atoms with Crippen LogP contribution < -0.4 is 0 Å². The Morgan fingerprint density at radius 3 is 2.55 bits per heavy atom. The third-order valence-electron chi connectivity index (χ3n) is 6.51. The van der Waals surface area contributed by atoms with E-state index in [4.69, 9.17) is 4.74 Å². The van der Waals surface area contributed by atoms with Gasteiger partial charge in [0.05, 0.1) is 0 Å². The second-order valence-electron chi connectivity index (χ2n) is 7.45. The zero-order valence-corrected chi connectivity index (χ0v) is 13.1. The Kier molecular flexibility index (Phi) is 2.74. The number of Topliss-reactive ketones (excluding diaryl/α,β-unsaturated/α-hetero) is 1. The lowest BCUT2D eigenvalue weighted by molar-refractivity contribution is -0.148. The molecule has 0 heterocycles. The van der Waals surface area contributed by atoms with Crippen LogP contribution >= 0.6 is 0 Å². The van der Waals surface area contributed by atoms with E-state index in [1.165, 1.54) is 6.92 Å². The topological polar surface area (TPSA) is 43.4 Å². The summed E-state index contributed by atoms with van der Waals surface area (Å²) in [6, 6.07) is 0. The molecule has 0 radical (unpaired) electrons. The SMILES string of the molecule is CC(=O)O[C@H]1C2=C(C)C(=O)C[C@]23[C@H](C)CC[C@H]1C3(C)C. The molecule has 3 nitrogen and oxygen atoms in total. The van der Waals surface area contributed by atoms with E-state index in [9.17, 15) is 9.59 Å². The van der Waals surface area contributed by atoms with E-state index in [2.05, 4.69) is 20.8 Å². The van der Waals surface area contributed by atoms with Crippen molar-refractivity contribution in [3.63, 3.8) is 0 Å². The number of carbonyl (C=O) groups is 2. The average Bonchev–Trinajstić information content (AvgIpc) is 2.62. The highest BCUT2D eigenvalue weighted by Gasteiger charge is 2.70. The lowest BCUT2D eigenvalue weighted by Gasteiger charge is -2.50. The molecule has 1 spiro atoms. The lowest BCUT2D eigenvalue weighted by Crippen LogP contribution is -2.45. The first-order valence-electron chi connectivity index (χ1n) is 7.65. The van der Waals surface area contributed by atoms with Crippen molar-refractivity contribution in [3.8, 4) is 0 Å². The van der Waals surface area contributed by atoms with Crippen LogP contribution in [0.25, 0.3) is 0 Å². The molecular formula is C17H24O3. The van der Waals surface area contributed by atoms with Gasteiger partial charge in [0.1, 0.15) is 6.10 Å². The molecular weight excluding hydrogens is 252 g/mol. The first-order chi connectivity index (χ1) is 9.23. The molecule has 3 rings (SSSR count). The molecule has 0 aromatic heterocycles. The van der Waals surface area contributed by atoms with Crippen LogP contribution in [0.1, 0.15) is 53.9 Å². The van der Waals surface area contributed by atoms with E-state index in [1.54, 1.807) is 0 Å². The number of allylic oxidation sites excluding steroid dienone is 1. The minimum absolute atomic E-state index is 0.0214. The zero-order chi connectivity index (χ0) is 14.9. The largest absolute Gasteiger partial charge is 0.458 e. The molecule has 0 amide bonds. The van der Waals surface area contributed by atoms with Crippen molar-refractivity contribution < 1.29 is 14.3 Å². The van der Waals surface area contributed by atoms with Crippen molar-refractivity contribution in [1.82, 2.24) is 0 Å². The van der Waals surface area contributed by atoms with Crippen LogP contribution in [0.15, 0.2) is 11.1 Å². The summed E-state index contributed by atoms with van der Waals surface area (Å²) in [5.74, 6) is 0.838. The molecule has 3 aliphatic rings. The maximum atomic E-state index is 12.3. The van der Waals surface area contributed by atoms with Gasteiger partial charge in [-0.05, 0) is 42.2 Å². The van der Waals surface area contributed by atoms with Crippen LogP contribution in [-0.4, -0.2) is 17.9 Å². The number of rotatable bonds is 1. The highest BCUT2D eigenvalue weighted by Crippen LogP contribution is 2.72. The maximum Gasteiger partial charge on any atom is 0.303 e. The first-order valence-corrected chi connectivity index (χ1v) is 7.65. The molecule has 2 saturated carbocycles. The van der Waals surface area contributed by atoms with Gasteiger partial charge in [-0.15, -0.1) is 0 Å². The lowest BCUT2D eigenvalue weighted by atomic mass is 9.53. The Labute approximate surface area is 120 Å². The molecule has 110 valence electrons. The second kappa shape index (κ2) is 3.96. The summed E-state index contributed by atoms with van der Waals surface area (Å²) >= 11 is 0. The summed E-state index contributed by atoms with van der Waals surface area (Å²) in [7, 11) is 0. The number of fused-ring (bicyclic) bond motifs is 1. The first kappa shape index (κ1) is 13.8. The number of hydrogen-bond acceptors (Lipinski definition) is 3. The standard InChI is InChI=1S/C17H24O3/c1-9-6-7-12-15(20-11(3)18)14-10(2)13(19)8-17(9,14)16(12,4)5/h9,12,15H,6-8H2,1-5H3/t9-,12-,15-,17+/m1/s1. The highest BCUT2D eigenvalue weighted by molar-refractivity contribution is 6.00. The van der Waals surface area contributed by atoms with E-state index in [1.807, 2.05) is 6.92 Å². The number of ketones is 1. The van der Waals surface area contributed by atoms with Crippen molar-refractivity contribution in [3.05, 3.63) is 11.1 Å². The van der Waals surface area contributed by atoms with Gasteiger partial charge in [-0.2, -0.15) is 0 Å². The predicted molar refractivity (Wildman–Crippen MR) is 76.0 cm³/mol. The van der Waals surface area contributed by atoms with Crippen molar-refractivity contribution >= 4 is 11.8 Å². The molecule has 2 fully saturated rings. The van der Waals surface area contributed by atoms with Crippen molar-refractivity contribution in [1.29, 1.82) is 0 Å². The fourth-order valence-corrected chi connectivity index (χ4v) is 5.50. The van der Waals surface area contributed by atoms with Crippen molar-refractivity contribution in [2.75, 3.05) is 0 Å². The Morgan fingerprint density at radius 1 is 1.30 bits per heavy atom. The molecule has 0 unspecified atom stereocenters. The minimum Gasteiger partial charge on any atom is -0.458 e. The van der Waals surface area contributed by atoms with E-state index < -0.39 is 0 Å². The average molecular weight is 276 g/mol. The number of esters is 1. The summed E-state index contributed by atoms with van der Waals surface area (Å²) in [5, 5.41) is 0. The molecule has 0 aliphatic heterocycles. The van der Waals surface area contributed by atoms with Crippen molar-refractivity contribution in [2.24, 2.45) is 22.7 Å². The van der Waals surface area contributed by atoms with Gasteiger partial charge in [-0.1, -0.05) is 20.8 Å². The summed E-state index contributed by atoms with van der Waals surface area (Å²) in [6.07, 6.45) is 2.63. The smallest absolute Gasteiger partial charge is 0.303 e. The predicted octanol–water partition coefficient (Wildman–Crippen LogP) is 3.28. The summed E-state index contributed by atoms with van der Waals surface area (Å²) < 4.78 is 5.69. The fraction of sp³-hybridized carbons (Fsp3) is 0.765. The number of hydrogen-bond donors (Lipinski definition) is 0. The van der Waals surface area contributed by atoms with Gasteiger partial charge in [0.2, 0.25) is 0 Å². The van der Waals surface area contributed by atoms with E-state index in [0.29, 0.717) is 18.3 Å². The second-order valence-corrected chi connectivity index (χ2v) is 7.45. The van der Waals surface area contributed by atoms with E-state index in [-0.39, 0.29) is 28.7 Å². The van der Waals surface area contributed by atoms with Gasteiger partial charge in [0.15, 0.2) is 5.78 Å². The Morgan fingerprint density at radius 2 is 1.95 bits per heavy atom. The normalized spacial score (nSPS) is 41.9. The maximum absolute atomic E-state index is 12.3. The van der Waals surface area contributed by atoms with Crippen LogP contribution in [0.5, 0.6) is 0 Å². The molecule has 0 saturated heterocycles. The van der Waals surface area contributed by atoms with Crippen LogP contribution in [0.2, 0.25) is 0 Å². The Bertz CT molecular complexity index is 528. The minimum atomic E-state index is -0.235. The highest BCUT2D eigenvalue weighted by atomic mass is 16.5. The molecule has 3 aliphatic carbocycles. The summed E-state index contributed by atoms with van der Waals surface area (Å²) in [6.45, 7) is 10.2. The van der Waals surface area contributed by atoms with E-state index in [0.717, 1.165) is 24.0 Å². The molecule has 20 heavy (non-hydrogen) atoms. The van der Waals surface area contributed by atoms with Crippen LogP contribution in [0.4, 0.5) is 0 Å². The molecule has 0 aromatic rings. The molecule has 3 heteroatoms. The van der Waals surface area contributed by atoms with Crippen molar-refractivity contribution in [2.45, 2.75) is 60.0 Å². The van der Waals surface area contributed by atoms with Gasteiger partial charge < -0.3 is 4.74 Å². The third kappa shape index (κ3) is 1.36. The molecule has 0 aromatic carbocycles.